The van der Waals surface area contributed by atoms with Crippen LogP contribution in [0.25, 0.3) is 0 Å². The van der Waals surface area contributed by atoms with Crippen molar-refractivity contribution in [2.75, 3.05) is 13.1 Å². The minimum absolute atomic E-state index is 0.300. The number of rotatable bonds is 4. The number of nitrogens with zero attached hydrogens (tertiary/aromatic N) is 1. The fourth-order valence-corrected chi connectivity index (χ4v) is 3.46. The van der Waals surface area contributed by atoms with Crippen molar-refractivity contribution in [3.63, 3.8) is 0 Å². The van der Waals surface area contributed by atoms with Crippen LogP contribution in [0.5, 0.6) is 0 Å². The van der Waals surface area contributed by atoms with Crippen LogP contribution in [0.15, 0.2) is 0 Å². The molecule has 0 saturated heterocycles. The number of carbonyl (C=O) groups is 1. The summed E-state index contributed by atoms with van der Waals surface area (Å²) in [5.74, 6) is 0.0269. The van der Waals surface area contributed by atoms with Crippen LogP contribution in [0, 0.1) is 11.3 Å². The highest BCUT2D eigenvalue weighted by atomic mass is 16.4. The summed E-state index contributed by atoms with van der Waals surface area (Å²) in [4.78, 5) is 13.9. The molecular formula is C15H29NO2. The van der Waals surface area contributed by atoms with Gasteiger partial charge in [0.25, 0.3) is 0 Å². The van der Waals surface area contributed by atoms with Gasteiger partial charge in [-0.05, 0) is 50.1 Å². The highest BCUT2D eigenvalue weighted by molar-refractivity contribution is 5.79. The minimum Gasteiger partial charge on any atom is -0.480 e. The van der Waals surface area contributed by atoms with Gasteiger partial charge in [-0.3, -0.25) is 9.69 Å². The zero-order valence-electron chi connectivity index (χ0n) is 12.6. The first kappa shape index (κ1) is 15.5. The molecule has 0 aromatic carbocycles. The van der Waals surface area contributed by atoms with Crippen molar-refractivity contribution in [2.24, 2.45) is 11.3 Å². The molecule has 0 amide bonds. The molecule has 1 aliphatic rings. The maximum absolute atomic E-state index is 11.8. The minimum atomic E-state index is -0.626. The van der Waals surface area contributed by atoms with Gasteiger partial charge in [0.05, 0.1) is 0 Å². The zero-order chi connectivity index (χ0) is 14.0. The second-order valence-electron chi connectivity index (χ2n) is 6.65. The third-order valence-corrected chi connectivity index (χ3v) is 4.80. The first-order chi connectivity index (χ1) is 8.28. The van der Waals surface area contributed by atoms with Gasteiger partial charge in [0.15, 0.2) is 0 Å². The lowest BCUT2D eigenvalue weighted by Crippen LogP contribution is -2.57. The number of aliphatic carboxylic acids is 1. The summed E-state index contributed by atoms with van der Waals surface area (Å²) in [6, 6.07) is 0. The van der Waals surface area contributed by atoms with E-state index in [1.54, 1.807) is 0 Å². The van der Waals surface area contributed by atoms with Gasteiger partial charge in [0.1, 0.15) is 5.54 Å². The molecule has 1 fully saturated rings. The molecule has 0 unspecified atom stereocenters. The Hall–Kier alpha value is -0.570. The summed E-state index contributed by atoms with van der Waals surface area (Å²) in [6.45, 7) is 12.6. The van der Waals surface area contributed by atoms with E-state index < -0.39 is 11.5 Å². The quantitative estimate of drug-likeness (QED) is 0.837. The second-order valence-corrected chi connectivity index (χ2v) is 6.65. The summed E-state index contributed by atoms with van der Waals surface area (Å²) in [5, 5.41) is 9.67. The molecule has 3 nitrogen and oxygen atoms in total. The highest BCUT2D eigenvalue weighted by Crippen LogP contribution is 2.43. The molecule has 1 rings (SSSR count). The molecule has 0 heterocycles. The molecular weight excluding hydrogens is 226 g/mol. The molecule has 0 atom stereocenters. The molecule has 0 spiro atoms. The zero-order valence-corrected chi connectivity index (χ0v) is 12.6. The van der Waals surface area contributed by atoms with E-state index in [1.165, 1.54) is 0 Å². The van der Waals surface area contributed by atoms with Crippen molar-refractivity contribution in [1.82, 2.24) is 4.90 Å². The maximum Gasteiger partial charge on any atom is 0.324 e. The fourth-order valence-electron chi connectivity index (χ4n) is 3.46. The van der Waals surface area contributed by atoms with Crippen LogP contribution in [-0.2, 0) is 4.79 Å². The molecule has 18 heavy (non-hydrogen) atoms. The Kier molecular flexibility index (Phi) is 4.82. The van der Waals surface area contributed by atoms with Crippen LogP contribution in [-0.4, -0.2) is 34.6 Å². The predicted octanol–water partition coefficient (Wildman–Crippen LogP) is 3.39. The van der Waals surface area contributed by atoms with Crippen LogP contribution < -0.4 is 0 Å². The van der Waals surface area contributed by atoms with Crippen molar-refractivity contribution in [2.45, 2.75) is 65.8 Å². The molecule has 0 aliphatic heterocycles. The van der Waals surface area contributed by atoms with Crippen molar-refractivity contribution in [1.29, 1.82) is 0 Å². The maximum atomic E-state index is 11.8. The van der Waals surface area contributed by atoms with Crippen LogP contribution in [0.4, 0.5) is 0 Å². The van der Waals surface area contributed by atoms with E-state index >= 15 is 0 Å². The Labute approximate surface area is 112 Å². The van der Waals surface area contributed by atoms with Gasteiger partial charge in [-0.15, -0.1) is 0 Å². The molecule has 3 heteroatoms. The monoisotopic (exact) mass is 255 g/mol. The van der Waals surface area contributed by atoms with Crippen molar-refractivity contribution in [3.05, 3.63) is 0 Å². The van der Waals surface area contributed by atoms with Gasteiger partial charge < -0.3 is 5.11 Å². The number of likely N-dealkylation sites (N-methyl/N-ethyl adjacent to an activating group) is 1. The number of hydrogen-bond acceptors (Lipinski definition) is 2. The van der Waals surface area contributed by atoms with Crippen molar-refractivity contribution in [3.8, 4) is 0 Å². The first-order valence-electron chi connectivity index (χ1n) is 7.26. The Bertz CT molecular complexity index is 281. The van der Waals surface area contributed by atoms with Gasteiger partial charge in [-0.2, -0.15) is 0 Å². The molecule has 0 radical (unpaired) electrons. The first-order valence-corrected chi connectivity index (χ1v) is 7.26. The molecule has 0 bridgehead atoms. The third-order valence-electron chi connectivity index (χ3n) is 4.80. The van der Waals surface area contributed by atoms with Gasteiger partial charge in [-0.25, -0.2) is 0 Å². The number of carboxylic acids is 1. The van der Waals surface area contributed by atoms with E-state index in [9.17, 15) is 9.90 Å². The molecule has 1 N–H and O–H groups in total. The second kappa shape index (κ2) is 5.60. The smallest absolute Gasteiger partial charge is 0.324 e. The summed E-state index contributed by atoms with van der Waals surface area (Å²) < 4.78 is 0. The third kappa shape index (κ3) is 2.87. The van der Waals surface area contributed by atoms with Crippen LogP contribution in [0.3, 0.4) is 0 Å². The number of hydrogen-bond donors (Lipinski definition) is 1. The standard InChI is InChI=1S/C15H29NO2/c1-6-16(7-2)15(13(17)18)10-8-12(9-11-15)14(3,4)5/h12H,6-11H2,1-5H3,(H,17,18). The normalized spacial score (nSPS) is 29.6. The lowest BCUT2D eigenvalue weighted by Gasteiger charge is -2.46. The Morgan fingerprint density at radius 1 is 1.22 bits per heavy atom. The van der Waals surface area contributed by atoms with Crippen LogP contribution in [0.2, 0.25) is 0 Å². The predicted molar refractivity (Wildman–Crippen MR) is 74.7 cm³/mol. The van der Waals surface area contributed by atoms with E-state index in [0.29, 0.717) is 11.3 Å². The van der Waals surface area contributed by atoms with Crippen molar-refractivity contribution < 1.29 is 9.90 Å². The van der Waals surface area contributed by atoms with E-state index in [1.807, 2.05) is 0 Å². The van der Waals surface area contributed by atoms with Gasteiger partial charge in [-0.1, -0.05) is 34.6 Å². The molecule has 106 valence electrons. The van der Waals surface area contributed by atoms with Gasteiger partial charge >= 0.3 is 5.97 Å². The lowest BCUT2D eigenvalue weighted by atomic mass is 9.67. The van der Waals surface area contributed by atoms with E-state index in [4.69, 9.17) is 0 Å². The summed E-state index contributed by atoms with van der Waals surface area (Å²) in [6.07, 6.45) is 3.66. The highest BCUT2D eigenvalue weighted by Gasteiger charge is 2.47. The van der Waals surface area contributed by atoms with Crippen LogP contribution in [0.1, 0.15) is 60.3 Å². The van der Waals surface area contributed by atoms with Crippen molar-refractivity contribution >= 4 is 5.97 Å². The van der Waals surface area contributed by atoms with E-state index in [2.05, 4.69) is 39.5 Å². The average Bonchev–Trinajstić information content (AvgIpc) is 2.29. The Morgan fingerprint density at radius 3 is 1.94 bits per heavy atom. The summed E-state index contributed by atoms with van der Waals surface area (Å²) >= 11 is 0. The average molecular weight is 255 g/mol. The molecule has 1 saturated carbocycles. The van der Waals surface area contributed by atoms with Gasteiger partial charge in [0.2, 0.25) is 0 Å². The van der Waals surface area contributed by atoms with E-state index in [-0.39, 0.29) is 0 Å². The van der Waals surface area contributed by atoms with Crippen LogP contribution >= 0.6 is 0 Å². The SMILES string of the molecule is CCN(CC)C1(C(=O)O)CCC(C(C)(C)C)CC1. The molecule has 1 aliphatic carbocycles. The Morgan fingerprint density at radius 2 is 1.67 bits per heavy atom. The Balaban J connectivity index is 2.84. The fraction of sp³-hybridized carbons (Fsp3) is 0.933. The summed E-state index contributed by atoms with van der Waals surface area (Å²) in [5.41, 5.74) is -0.306. The largest absolute Gasteiger partial charge is 0.480 e. The van der Waals surface area contributed by atoms with Gasteiger partial charge in [0, 0.05) is 0 Å². The topological polar surface area (TPSA) is 40.5 Å². The molecule has 0 aromatic heterocycles. The lowest BCUT2D eigenvalue weighted by molar-refractivity contribution is -0.155. The molecule has 0 aromatic rings. The number of carboxylic acid groups (broad SMARTS) is 1. The summed E-state index contributed by atoms with van der Waals surface area (Å²) in [7, 11) is 0. The van der Waals surface area contributed by atoms with E-state index in [0.717, 1.165) is 38.8 Å².